The lowest BCUT2D eigenvalue weighted by molar-refractivity contribution is -0.129. The van der Waals surface area contributed by atoms with Gasteiger partial charge in [-0.1, -0.05) is 39.0 Å². The molecule has 2 aromatic heterocycles. The molecule has 0 radical (unpaired) electrons. The molecule has 4 rings (SSSR count). The predicted octanol–water partition coefficient (Wildman–Crippen LogP) is 4.24. The van der Waals surface area contributed by atoms with E-state index in [4.69, 9.17) is 9.72 Å². The number of carbonyl (C=O) groups excluding carboxylic acids is 1. The van der Waals surface area contributed by atoms with Crippen molar-refractivity contribution < 1.29 is 9.53 Å². The summed E-state index contributed by atoms with van der Waals surface area (Å²) in [5, 5.41) is 7.88. The van der Waals surface area contributed by atoms with E-state index < -0.39 is 0 Å². The van der Waals surface area contributed by atoms with Crippen LogP contribution in [0.1, 0.15) is 40.0 Å². The van der Waals surface area contributed by atoms with Gasteiger partial charge < -0.3 is 15.0 Å². The molecule has 31 heavy (non-hydrogen) atoms. The number of amides is 1. The number of carbonyl (C=O) groups is 1. The van der Waals surface area contributed by atoms with Crippen LogP contribution in [0.2, 0.25) is 0 Å². The molecule has 7 nitrogen and oxygen atoms in total. The van der Waals surface area contributed by atoms with Crippen LogP contribution < -0.4 is 10.1 Å². The van der Waals surface area contributed by atoms with Crippen LogP contribution in [-0.4, -0.2) is 51.6 Å². The number of nitrogens with one attached hydrogen (secondary N) is 1. The van der Waals surface area contributed by atoms with Gasteiger partial charge in [0.15, 0.2) is 5.65 Å². The zero-order valence-corrected chi connectivity index (χ0v) is 18.8. The fourth-order valence-electron chi connectivity index (χ4n) is 4.02. The third kappa shape index (κ3) is 4.65. The monoisotopic (exact) mass is 421 g/mol. The first kappa shape index (κ1) is 21.2. The summed E-state index contributed by atoms with van der Waals surface area (Å²) in [6.45, 7) is 8.14. The molecule has 0 bridgehead atoms. The van der Waals surface area contributed by atoms with Crippen LogP contribution in [0.3, 0.4) is 0 Å². The number of hydrogen-bond donors (Lipinski definition) is 1. The molecule has 1 atom stereocenters. The first-order valence-corrected chi connectivity index (χ1v) is 10.9. The number of aromatic nitrogens is 3. The number of anilines is 1. The van der Waals surface area contributed by atoms with Gasteiger partial charge in [0.25, 0.3) is 0 Å². The van der Waals surface area contributed by atoms with Crippen molar-refractivity contribution in [3.63, 3.8) is 0 Å². The Balaban J connectivity index is 1.51. The van der Waals surface area contributed by atoms with Gasteiger partial charge in [-0.3, -0.25) is 4.79 Å². The summed E-state index contributed by atoms with van der Waals surface area (Å²) in [4.78, 5) is 19.2. The molecule has 1 aromatic carbocycles. The molecule has 0 spiro atoms. The Kier molecular flexibility index (Phi) is 5.85. The Bertz CT molecular complexity index is 1070. The zero-order valence-electron chi connectivity index (χ0n) is 18.8. The summed E-state index contributed by atoms with van der Waals surface area (Å²) >= 11 is 0. The van der Waals surface area contributed by atoms with Gasteiger partial charge in [0.2, 0.25) is 5.91 Å². The number of likely N-dealkylation sites (tertiary alicyclic amines) is 1. The van der Waals surface area contributed by atoms with Gasteiger partial charge in [-0.05, 0) is 30.4 Å². The van der Waals surface area contributed by atoms with E-state index in [0.717, 1.165) is 47.7 Å². The minimum Gasteiger partial charge on any atom is -0.496 e. The van der Waals surface area contributed by atoms with Gasteiger partial charge in [0.1, 0.15) is 11.6 Å². The molecule has 1 aliphatic rings. The Morgan fingerprint density at radius 3 is 2.77 bits per heavy atom. The molecule has 3 aromatic rings. The van der Waals surface area contributed by atoms with Crippen molar-refractivity contribution in [2.45, 2.75) is 46.1 Å². The molecule has 0 aliphatic carbocycles. The van der Waals surface area contributed by atoms with Crippen molar-refractivity contribution in [1.82, 2.24) is 19.5 Å². The molecule has 1 fully saturated rings. The van der Waals surface area contributed by atoms with E-state index in [9.17, 15) is 4.79 Å². The van der Waals surface area contributed by atoms with Gasteiger partial charge in [-0.15, -0.1) is 0 Å². The van der Waals surface area contributed by atoms with Crippen LogP contribution in [0.25, 0.3) is 16.8 Å². The average Bonchev–Trinajstić information content (AvgIpc) is 3.32. The van der Waals surface area contributed by atoms with Gasteiger partial charge in [0, 0.05) is 37.3 Å². The Hall–Kier alpha value is -3.09. The maximum absolute atomic E-state index is 12.4. The highest BCUT2D eigenvalue weighted by molar-refractivity contribution is 5.81. The number of rotatable bonds is 7. The van der Waals surface area contributed by atoms with Crippen LogP contribution in [0.5, 0.6) is 5.75 Å². The van der Waals surface area contributed by atoms with Crippen molar-refractivity contribution in [1.29, 1.82) is 0 Å². The van der Waals surface area contributed by atoms with Crippen molar-refractivity contribution in [2.24, 2.45) is 5.41 Å². The second-order valence-corrected chi connectivity index (χ2v) is 9.31. The molecule has 164 valence electrons. The summed E-state index contributed by atoms with van der Waals surface area (Å²) in [5.41, 5.74) is 2.86. The second kappa shape index (κ2) is 8.57. The SMILES string of the molecule is COc1ccccc1-c1cnn2ccc(NC[C@@H]3CCC(=O)N3CCC(C)(C)C)nc12. The van der Waals surface area contributed by atoms with Gasteiger partial charge >= 0.3 is 0 Å². The Morgan fingerprint density at radius 1 is 1.19 bits per heavy atom. The minimum atomic E-state index is 0.200. The number of nitrogens with zero attached hydrogens (tertiary/aromatic N) is 4. The smallest absolute Gasteiger partial charge is 0.222 e. The minimum absolute atomic E-state index is 0.200. The van der Waals surface area contributed by atoms with Crippen LogP contribution in [-0.2, 0) is 4.79 Å². The van der Waals surface area contributed by atoms with Crippen LogP contribution in [0, 0.1) is 5.41 Å². The van der Waals surface area contributed by atoms with Crippen LogP contribution in [0.4, 0.5) is 5.82 Å². The van der Waals surface area contributed by atoms with Crippen molar-refractivity contribution in [3.8, 4) is 16.9 Å². The van der Waals surface area contributed by atoms with E-state index in [2.05, 4.69) is 31.2 Å². The molecule has 7 heteroatoms. The summed E-state index contributed by atoms with van der Waals surface area (Å²) in [7, 11) is 1.67. The molecule has 1 amide bonds. The number of hydrogen-bond acceptors (Lipinski definition) is 5. The lowest BCUT2D eigenvalue weighted by atomic mass is 9.92. The van der Waals surface area contributed by atoms with E-state index in [1.165, 1.54) is 0 Å². The van der Waals surface area contributed by atoms with Gasteiger partial charge in [-0.2, -0.15) is 5.10 Å². The molecular weight excluding hydrogens is 390 g/mol. The van der Waals surface area contributed by atoms with Crippen LogP contribution >= 0.6 is 0 Å². The standard InChI is InChI=1S/C24H31N5O2/c1-24(2,3)12-14-28-17(9-10-22(28)30)15-25-21-11-13-29-23(27-21)19(16-26-29)18-7-5-6-8-20(18)31-4/h5-8,11,13,16-17H,9-10,12,14-15H2,1-4H3,(H,25,27)/t17-/m0/s1. The molecule has 0 saturated carbocycles. The maximum Gasteiger partial charge on any atom is 0.222 e. The van der Waals surface area contributed by atoms with Crippen molar-refractivity contribution in [2.75, 3.05) is 25.5 Å². The first-order valence-electron chi connectivity index (χ1n) is 10.9. The van der Waals surface area contributed by atoms with Gasteiger partial charge in [0.05, 0.1) is 18.9 Å². The zero-order chi connectivity index (χ0) is 22.0. The lowest BCUT2D eigenvalue weighted by Gasteiger charge is -2.28. The third-order valence-corrected chi connectivity index (χ3v) is 5.84. The van der Waals surface area contributed by atoms with E-state index in [1.54, 1.807) is 11.6 Å². The van der Waals surface area contributed by atoms with Crippen molar-refractivity contribution in [3.05, 3.63) is 42.7 Å². The Labute approximate surface area is 183 Å². The summed E-state index contributed by atoms with van der Waals surface area (Å²) < 4.78 is 7.28. The first-order chi connectivity index (χ1) is 14.9. The van der Waals surface area contributed by atoms with E-state index in [0.29, 0.717) is 13.0 Å². The largest absolute Gasteiger partial charge is 0.496 e. The highest BCUT2D eigenvalue weighted by Crippen LogP contribution is 2.32. The lowest BCUT2D eigenvalue weighted by Crippen LogP contribution is -2.39. The van der Waals surface area contributed by atoms with Crippen molar-refractivity contribution >= 4 is 17.4 Å². The topological polar surface area (TPSA) is 71.8 Å². The quantitative estimate of drug-likeness (QED) is 0.618. The predicted molar refractivity (Wildman–Crippen MR) is 122 cm³/mol. The highest BCUT2D eigenvalue weighted by atomic mass is 16.5. The molecule has 3 heterocycles. The van der Waals surface area contributed by atoms with E-state index in [1.807, 2.05) is 47.6 Å². The second-order valence-electron chi connectivity index (χ2n) is 9.31. The molecular formula is C24H31N5O2. The summed E-state index contributed by atoms with van der Waals surface area (Å²) in [6, 6.07) is 9.99. The highest BCUT2D eigenvalue weighted by Gasteiger charge is 2.31. The summed E-state index contributed by atoms with van der Waals surface area (Å²) in [5.74, 6) is 1.82. The van der Waals surface area contributed by atoms with E-state index >= 15 is 0 Å². The molecule has 1 aliphatic heterocycles. The molecule has 1 saturated heterocycles. The molecule has 0 unspecified atom stereocenters. The fraction of sp³-hybridized carbons (Fsp3) is 0.458. The normalized spacial score (nSPS) is 16.8. The number of methoxy groups -OCH3 is 1. The van der Waals surface area contributed by atoms with Gasteiger partial charge in [-0.25, -0.2) is 9.50 Å². The summed E-state index contributed by atoms with van der Waals surface area (Å²) in [6.07, 6.45) is 6.23. The Morgan fingerprint density at radius 2 is 2.00 bits per heavy atom. The number of para-hydroxylation sites is 1. The average molecular weight is 422 g/mol. The van der Waals surface area contributed by atoms with Crippen LogP contribution in [0.15, 0.2) is 42.7 Å². The maximum atomic E-state index is 12.4. The number of fused-ring (bicyclic) bond motifs is 1. The number of benzene rings is 1. The third-order valence-electron chi connectivity index (χ3n) is 5.84. The van der Waals surface area contributed by atoms with E-state index in [-0.39, 0.29) is 17.4 Å². The fourth-order valence-corrected chi connectivity index (χ4v) is 4.02. The number of ether oxygens (including phenoxy) is 1. The molecule has 1 N–H and O–H groups in total.